The lowest BCUT2D eigenvalue weighted by Crippen LogP contribution is -2.22. The molecule has 0 amide bonds. The van der Waals surface area contributed by atoms with Gasteiger partial charge in [0.05, 0.1) is 29.9 Å². The third-order valence-corrected chi connectivity index (χ3v) is 7.14. The van der Waals surface area contributed by atoms with Gasteiger partial charge in [0.2, 0.25) is 0 Å². The summed E-state index contributed by atoms with van der Waals surface area (Å²) in [6.45, 7) is 5.46. The Morgan fingerprint density at radius 1 is 1.36 bits per heavy atom. The standard InChI is InChI=1S/C16H25N5O2S2/c1-12-15(9-18(3)11-20-7-6-19(4)16(20)24)13(2)21(17-12)14-5-8-25(22,23)10-14/h6-7,14H,5,8-11H2,1-4H3/t14-/m1/s1. The molecule has 0 aliphatic carbocycles. The molecule has 1 aliphatic rings. The van der Waals surface area contributed by atoms with Crippen LogP contribution in [0.4, 0.5) is 0 Å². The van der Waals surface area contributed by atoms with Gasteiger partial charge in [0.1, 0.15) is 0 Å². The number of aryl methyl sites for hydroxylation is 2. The molecule has 0 aromatic carbocycles. The van der Waals surface area contributed by atoms with Gasteiger partial charge in [-0.3, -0.25) is 9.58 Å². The van der Waals surface area contributed by atoms with Crippen molar-refractivity contribution in [3.05, 3.63) is 34.1 Å². The third-order valence-electron chi connectivity index (χ3n) is 4.87. The predicted octanol–water partition coefficient (Wildman–Crippen LogP) is 1.82. The maximum Gasteiger partial charge on any atom is 0.180 e. The quantitative estimate of drug-likeness (QED) is 0.737. The van der Waals surface area contributed by atoms with Crippen LogP contribution in [-0.2, 0) is 30.1 Å². The first-order valence-corrected chi connectivity index (χ1v) is 10.6. The van der Waals surface area contributed by atoms with Crippen molar-refractivity contribution < 1.29 is 8.42 Å². The van der Waals surface area contributed by atoms with Crippen LogP contribution in [0.1, 0.15) is 29.4 Å². The number of hydrogen-bond acceptors (Lipinski definition) is 5. The van der Waals surface area contributed by atoms with Crippen LogP contribution in [0.25, 0.3) is 0 Å². The average Bonchev–Trinajstić information content (AvgIpc) is 3.14. The molecule has 0 saturated carbocycles. The second-order valence-corrected chi connectivity index (χ2v) is 9.56. The minimum Gasteiger partial charge on any atom is -0.327 e. The van der Waals surface area contributed by atoms with Gasteiger partial charge in [-0.1, -0.05) is 0 Å². The highest BCUT2D eigenvalue weighted by molar-refractivity contribution is 7.91. The van der Waals surface area contributed by atoms with Crippen LogP contribution in [0.3, 0.4) is 0 Å². The lowest BCUT2D eigenvalue weighted by Gasteiger charge is -2.18. The summed E-state index contributed by atoms with van der Waals surface area (Å²) >= 11 is 5.39. The van der Waals surface area contributed by atoms with E-state index in [0.717, 1.165) is 28.3 Å². The second-order valence-electron chi connectivity index (χ2n) is 6.97. The molecule has 0 N–H and O–H groups in total. The van der Waals surface area contributed by atoms with E-state index in [1.807, 2.05) is 54.2 Å². The van der Waals surface area contributed by atoms with Crippen LogP contribution in [0, 0.1) is 18.6 Å². The lowest BCUT2D eigenvalue weighted by molar-refractivity contribution is 0.257. The van der Waals surface area contributed by atoms with E-state index in [9.17, 15) is 8.42 Å². The number of rotatable bonds is 5. The Balaban J connectivity index is 1.77. The Hall–Kier alpha value is -1.45. The van der Waals surface area contributed by atoms with Crippen molar-refractivity contribution in [1.82, 2.24) is 23.8 Å². The highest BCUT2D eigenvalue weighted by Gasteiger charge is 2.31. The summed E-state index contributed by atoms with van der Waals surface area (Å²) in [7, 11) is 1.07. The Morgan fingerprint density at radius 3 is 2.64 bits per heavy atom. The smallest absolute Gasteiger partial charge is 0.180 e. The van der Waals surface area contributed by atoms with Gasteiger partial charge in [-0.2, -0.15) is 5.10 Å². The van der Waals surface area contributed by atoms with E-state index in [0.29, 0.717) is 13.1 Å². The molecule has 0 spiro atoms. The van der Waals surface area contributed by atoms with Gasteiger partial charge in [-0.15, -0.1) is 0 Å². The van der Waals surface area contributed by atoms with Gasteiger partial charge in [-0.25, -0.2) is 8.42 Å². The summed E-state index contributed by atoms with van der Waals surface area (Å²) in [6, 6.07) is -0.0366. The Morgan fingerprint density at radius 2 is 2.08 bits per heavy atom. The third kappa shape index (κ3) is 3.73. The van der Waals surface area contributed by atoms with Crippen molar-refractivity contribution in [2.45, 2.75) is 39.5 Å². The maximum atomic E-state index is 11.8. The number of sulfone groups is 1. The monoisotopic (exact) mass is 383 g/mol. The highest BCUT2D eigenvalue weighted by Crippen LogP contribution is 2.27. The molecule has 2 aromatic heterocycles. The molecule has 3 heterocycles. The number of aromatic nitrogens is 4. The zero-order valence-corrected chi connectivity index (χ0v) is 16.8. The van der Waals surface area contributed by atoms with Crippen LogP contribution in [-0.4, -0.2) is 50.8 Å². The van der Waals surface area contributed by atoms with Gasteiger partial charge >= 0.3 is 0 Å². The van der Waals surface area contributed by atoms with Gasteiger partial charge in [0.25, 0.3) is 0 Å². The van der Waals surface area contributed by atoms with Gasteiger partial charge in [0, 0.05) is 37.2 Å². The second kappa shape index (κ2) is 6.69. The van der Waals surface area contributed by atoms with Crippen molar-refractivity contribution in [2.75, 3.05) is 18.6 Å². The van der Waals surface area contributed by atoms with E-state index in [-0.39, 0.29) is 17.5 Å². The number of imidazole rings is 1. The van der Waals surface area contributed by atoms with Gasteiger partial charge in [-0.05, 0) is 39.5 Å². The summed E-state index contributed by atoms with van der Waals surface area (Å²) in [6.07, 6.45) is 4.58. The molecule has 0 radical (unpaired) electrons. The van der Waals surface area contributed by atoms with E-state index in [4.69, 9.17) is 12.2 Å². The molecule has 0 unspecified atom stereocenters. The molecule has 1 fully saturated rings. The first kappa shape index (κ1) is 18.3. The Bertz CT molecular complexity index is 938. The molecule has 7 nitrogen and oxygen atoms in total. The SMILES string of the molecule is Cc1nn([C@@H]2CCS(=O)(=O)C2)c(C)c1CN(C)Cn1ccn(C)c1=S. The fraction of sp³-hybridized carbons (Fsp3) is 0.625. The molecule has 1 saturated heterocycles. The molecule has 1 aliphatic heterocycles. The fourth-order valence-corrected chi connectivity index (χ4v) is 5.32. The van der Waals surface area contributed by atoms with Gasteiger partial charge < -0.3 is 9.13 Å². The van der Waals surface area contributed by atoms with Crippen molar-refractivity contribution >= 4 is 22.1 Å². The predicted molar refractivity (Wildman–Crippen MR) is 99.7 cm³/mol. The number of hydrogen-bond donors (Lipinski definition) is 0. The summed E-state index contributed by atoms with van der Waals surface area (Å²) in [5.74, 6) is 0.459. The molecular weight excluding hydrogens is 358 g/mol. The van der Waals surface area contributed by atoms with Crippen LogP contribution in [0.5, 0.6) is 0 Å². The molecule has 0 bridgehead atoms. The number of nitrogens with zero attached hydrogens (tertiary/aromatic N) is 5. The normalized spacial score (nSPS) is 19.8. The largest absolute Gasteiger partial charge is 0.327 e. The van der Waals surface area contributed by atoms with Crippen LogP contribution in [0.2, 0.25) is 0 Å². The van der Waals surface area contributed by atoms with Crippen molar-refractivity contribution in [3.8, 4) is 0 Å². The van der Waals surface area contributed by atoms with E-state index in [1.165, 1.54) is 0 Å². The molecule has 1 atom stereocenters. The minimum atomic E-state index is -2.92. The van der Waals surface area contributed by atoms with Crippen LogP contribution < -0.4 is 0 Å². The van der Waals surface area contributed by atoms with E-state index < -0.39 is 9.84 Å². The fourth-order valence-electron chi connectivity index (χ4n) is 3.45. The Kier molecular flexibility index (Phi) is 4.91. The summed E-state index contributed by atoms with van der Waals surface area (Å²) in [4.78, 5) is 2.18. The minimum absolute atomic E-state index is 0.0366. The van der Waals surface area contributed by atoms with E-state index >= 15 is 0 Å². The van der Waals surface area contributed by atoms with Crippen molar-refractivity contribution in [3.63, 3.8) is 0 Å². The maximum absolute atomic E-state index is 11.8. The molecule has 25 heavy (non-hydrogen) atoms. The van der Waals surface area contributed by atoms with Crippen LogP contribution in [0.15, 0.2) is 12.4 Å². The van der Waals surface area contributed by atoms with Crippen molar-refractivity contribution in [2.24, 2.45) is 7.05 Å². The summed E-state index contributed by atoms with van der Waals surface area (Å²) in [5, 5.41) is 4.63. The lowest BCUT2D eigenvalue weighted by atomic mass is 10.2. The highest BCUT2D eigenvalue weighted by atomic mass is 32.2. The zero-order chi connectivity index (χ0) is 18.4. The Labute approximate surface area is 153 Å². The molecule has 138 valence electrons. The van der Waals surface area contributed by atoms with Crippen LogP contribution >= 0.6 is 12.2 Å². The summed E-state index contributed by atoms with van der Waals surface area (Å²) in [5.41, 5.74) is 3.18. The van der Waals surface area contributed by atoms with E-state index in [1.54, 1.807) is 0 Å². The van der Waals surface area contributed by atoms with Gasteiger partial charge in [0.15, 0.2) is 14.6 Å². The average molecular weight is 384 g/mol. The molecule has 3 rings (SSSR count). The van der Waals surface area contributed by atoms with E-state index in [2.05, 4.69) is 10.00 Å². The molecule has 2 aromatic rings. The first-order chi connectivity index (χ1) is 11.7. The first-order valence-electron chi connectivity index (χ1n) is 8.33. The van der Waals surface area contributed by atoms with Crippen molar-refractivity contribution in [1.29, 1.82) is 0 Å². The topological polar surface area (TPSA) is 65.1 Å². The summed E-state index contributed by atoms with van der Waals surface area (Å²) < 4.78 is 30.2. The zero-order valence-electron chi connectivity index (χ0n) is 15.1. The molecular formula is C16H25N5O2S2. The molecule has 9 heteroatoms.